The zero-order chi connectivity index (χ0) is 22.3. The summed E-state index contributed by atoms with van der Waals surface area (Å²) in [5.41, 5.74) is 5.94. The van der Waals surface area contributed by atoms with Crippen LogP contribution >= 0.6 is 0 Å². The number of rotatable bonds is 5. The Labute approximate surface area is 179 Å². The number of amides is 1. The van der Waals surface area contributed by atoms with Crippen molar-refractivity contribution >= 4 is 17.6 Å². The van der Waals surface area contributed by atoms with E-state index in [1.807, 2.05) is 0 Å². The van der Waals surface area contributed by atoms with E-state index in [0.29, 0.717) is 11.3 Å². The highest BCUT2D eigenvalue weighted by molar-refractivity contribution is 6.05. The number of nitrogens with one attached hydrogen (secondary N) is 1. The van der Waals surface area contributed by atoms with E-state index >= 15 is 0 Å². The highest BCUT2D eigenvalue weighted by Gasteiger charge is 2.38. The molecule has 0 fully saturated rings. The second kappa shape index (κ2) is 7.90. The smallest absolute Gasteiger partial charge is 0.307 e. The van der Waals surface area contributed by atoms with Crippen molar-refractivity contribution in [2.75, 3.05) is 5.32 Å². The van der Waals surface area contributed by atoms with Gasteiger partial charge in [-0.1, -0.05) is 59.7 Å². The van der Waals surface area contributed by atoms with Gasteiger partial charge in [-0.15, -0.1) is 0 Å². The number of carbonyl (C=O) groups excluding carboxylic acids is 1. The van der Waals surface area contributed by atoms with Crippen molar-refractivity contribution in [3.05, 3.63) is 64.2 Å². The first-order chi connectivity index (χ1) is 13.9. The lowest BCUT2D eigenvalue weighted by molar-refractivity contribution is -0.136. The molecule has 4 nitrogen and oxygen atoms in total. The first kappa shape index (κ1) is 22.1. The summed E-state index contributed by atoms with van der Waals surface area (Å²) in [6.07, 6.45) is 2.21. The highest BCUT2D eigenvalue weighted by Crippen LogP contribution is 2.47. The summed E-state index contributed by atoms with van der Waals surface area (Å²) in [6.45, 7) is 13.4. The summed E-state index contributed by atoms with van der Waals surface area (Å²) >= 11 is 0. The van der Waals surface area contributed by atoms with E-state index in [0.717, 1.165) is 24.0 Å². The summed E-state index contributed by atoms with van der Waals surface area (Å²) < 4.78 is 0. The maximum absolute atomic E-state index is 13.3. The quantitative estimate of drug-likeness (QED) is 0.635. The molecule has 30 heavy (non-hydrogen) atoms. The van der Waals surface area contributed by atoms with Gasteiger partial charge in [0, 0.05) is 11.3 Å². The largest absolute Gasteiger partial charge is 0.481 e. The van der Waals surface area contributed by atoms with E-state index in [4.69, 9.17) is 5.11 Å². The SMILES string of the molecule is CC(C)c1cc2c(cc1C(=O)Nc1ccc(CC(=O)O)cc1)C(C)(C)CCC2(C)C. The van der Waals surface area contributed by atoms with Crippen LogP contribution < -0.4 is 5.32 Å². The summed E-state index contributed by atoms with van der Waals surface area (Å²) in [5.74, 6) is -0.755. The lowest BCUT2D eigenvalue weighted by Gasteiger charge is -2.42. The molecular weight excluding hydrogens is 374 g/mol. The summed E-state index contributed by atoms with van der Waals surface area (Å²) in [4.78, 5) is 24.1. The molecule has 0 bridgehead atoms. The van der Waals surface area contributed by atoms with Crippen molar-refractivity contribution < 1.29 is 14.7 Å². The molecule has 0 heterocycles. The molecule has 1 aliphatic carbocycles. The molecule has 2 aromatic rings. The molecule has 1 aliphatic rings. The Bertz CT molecular complexity index is 969. The zero-order valence-corrected chi connectivity index (χ0v) is 18.9. The minimum atomic E-state index is -0.868. The number of benzene rings is 2. The van der Waals surface area contributed by atoms with E-state index in [1.165, 1.54) is 11.1 Å². The molecule has 2 N–H and O–H groups in total. The normalized spacial score (nSPS) is 16.8. The maximum atomic E-state index is 13.3. The van der Waals surface area contributed by atoms with Gasteiger partial charge in [-0.05, 0) is 70.0 Å². The molecule has 1 amide bonds. The first-order valence-electron chi connectivity index (χ1n) is 10.7. The van der Waals surface area contributed by atoms with Crippen LogP contribution in [0.15, 0.2) is 36.4 Å². The predicted octanol–water partition coefficient (Wildman–Crippen LogP) is 6.04. The van der Waals surface area contributed by atoms with E-state index in [9.17, 15) is 9.59 Å². The third-order valence-corrected chi connectivity index (χ3v) is 6.46. The van der Waals surface area contributed by atoms with Gasteiger partial charge in [0.2, 0.25) is 0 Å². The molecule has 0 aliphatic heterocycles. The van der Waals surface area contributed by atoms with E-state index in [-0.39, 0.29) is 29.1 Å². The maximum Gasteiger partial charge on any atom is 0.307 e. The van der Waals surface area contributed by atoms with Crippen LogP contribution in [0.4, 0.5) is 5.69 Å². The molecule has 0 saturated carbocycles. The highest BCUT2D eigenvalue weighted by atomic mass is 16.4. The minimum absolute atomic E-state index is 0.0264. The molecular formula is C26H33NO3. The van der Waals surface area contributed by atoms with Crippen LogP contribution in [0.25, 0.3) is 0 Å². The molecule has 0 saturated heterocycles. The van der Waals surface area contributed by atoms with Gasteiger partial charge in [0.15, 0.2) is 0 Å². The molecule has 0 aromatic heterocycles. The zero-order valence-electron chi connectivity index (χ0n) is 18.9. The second-order valence-corrected chi connectivity index (χ2v) is 10.1. The number of carboxylic acids is 1. The molecule has 0 radical (unpaired) electrons. The average Bonchev–Trinajstić information content (AvgIpc) is 2.65. The van der Waals surface area contributed by atoms with Crippen LogP contribution in [0.3, 0.4) is 0 Å². The van der Waals surface area contributed by atoms with Crippen LogP contribution in [0, 0.1) is 0 Å². The van der Waals surface area contributed by atoms with Gasteiger partial charge in [0.05, 0.1) is 6.42 Å². The Kier molecular flexibility index (Phi) is 5.81. The number of carboxylic acid groups (broad SMARTS) is 1. The second-order valence-electron chi connectivity index (χ2n) is 10.1. The molecule has 0 unspecified atom stereocenters. The minimum Gasteiger partial charge on any atom is -0.481 e. The standard InChI is InChI=1S/C26H33NO3/c1-16(2)19-14-21-22(26(5,6)12-11-25(21,3)4)15-20(19)24(30)27-18-9-7-17(8-10-18)13-23(28)29/h7-10,14-16H,11-13H2,1-6H3,(H,27,30)(H,28,29). The van der Waals surface area contributed by atoms with Gasteiger partial charge in [-0.3, -0.25) is 9.59 Å². The Hall–Kier alpha value is -2.62. The molecule has 4 heteroatoms. The molecule has 3 rings (SSSR count). The summed E-state index contributed by atoms with van der Waals surface area (Å²) in [5, 5.41) is 11.9. The third-order valence-electron chi connectivity index (χ3n) is 6.46. The lowest BCUT2D eigenvalue weighted by atomic mass is 9.62. The van der Waals surface area contributed by atoms with Crippen LogP contribution in [0.5, 0.6) is 0 Å². The number of hydrogen-bond donors (Lipinski definition) is 2. The molecule has 160 valence electrons. The summed E-state index contributed by atoms with van der Waals surface area (Å²) in [7, 11) is 0. The van der Waals surface area contributed by atoms with Crippen molar-refractivity contribution in [2.24, 2.45) is 0 Å². The van der Waals surface area contributed by atoms with Gasteiger partial charge in [-0.2, -0.15) is 0 Å². The predicted molar refractivity (Wildman–Crippen MR) is 122 cm³/mol. The first-order valence-corrected chi connectivity index (χ1v) is 10.7. The molecule has 0 spiro atoms. The van der Waals surface area contributed by atoms with Gasteiger partial charge in [-0.25, -0.2) is 0 Å². The Morgan fingerprint density at radius 1 is 0.967 bits per heavy atom. The van der Waals surface area contributed by atoms with Crippen LogP contribution in [-0.4, -0.2) is 17.0 Å². The Morgan fingerprint density at radius 3 is 2.00 bits per heavy atom. The van der Waals surface area contributed by atoms with E-state index in [1.54, 1.807) is 24.3 Å². The third kappa shape index (κ3) is 4.43. The van der Waals surface area contributed by atoms with Crippen LogP contribution in [-0.2, 0) is 22.0 Å². The van der Waals surface area contributed by atoms with Crippen molar-refractivity contribution in [3.8, 4) is 0 Å². The van der Waals surface area contributed by atoms with Crippen molar-refractivity contribution in [1.82, 2.24) is 0 Å². The van der Waals surface area contributed by atoms with Crippen molar-refractivity contribution in [2.45, 2.75) is 77.6 Å². The van der Waals surface area contributed by atoms with Gasteiger partial charge < -0.3 is 10.4 Å². The van der Waals surface area contributed by atoms with Gasteiger partial charge >= 0.3 is 5.97 Å². The number of carbonyl (C=O) groups is 2. The topological polar surface area (TPSA) is 66.4 Å². The van der Waals surface area contributed by atoms with Crippen molar-refractivity contribution in [1.29, 1.82) is 0 Å². The molecule has 2 aromatic carbocycles. The van der Waals surface area contributed by atoms with Gasteiger partial charge in [0.1, 0.15) is 0 Å². The fourth-order valence-electron chi connectivity index (χ4n) is 4.38. The summed E-state index contributed by atoms with van der Waals surface area (Å²) in [6, 6.07) is 11.4. The fourth-order valence-corrected chi connectivity index (χ4v) is 4.38. The van der Waals surface area contributed by atoms with Crippen molar-refractivity contribution in [3.63, 3.8) is 0 Å². The lowest BCUT2D eigenvalue weighted by Crippen LogP contribution is -2.34. The number of aliphatic carboxylic acids is 1. The molecule has 0 atom stereocenters. The monoisotopic (exact) mass is 407 g/mol. The number of hydrogen-bond acceptors (Lipinski definition) is 2. The average molecular weight is 408 g/mol. The van der Waals surface area contributed by atoms with Crippen LogP contribution in [0.2, 0.25) is 0 Å². The van der Waals surface area contributed by atoms with Gasteiger partial charge in [0.25, 0.3) is 5.91 Å². The van der Waals surface area contributed by atoms with E-state index in [2.05, 4.69) is 59.0 Å². The Balaban J connectivity index is 1.98. The fraction of sp³-hybridized carbons (Fsp3) is 0.462. The Morgan fingerprint density at radius 2 is 1.50 bits per heavy atom. The number of anilines is 1. The number of fused-ring (bicyclic) bond motifs is 1. The van der Waals surface area contributed by atoms with Crippen LogP contribution in [0.1, 0.15) is 92.9 Å². The van der Waals surface area contributed by atoms with E-state index < -0.39 is 5.97 Å².